The largest absolute Gasteiger partial charge is 0.286 e. The third-order valence-corrected chi connectivity index (χ3v) is 6.58. The summed E-state index contributed by atoms with van der Waals surface area (Å²) in [6.07, 6.45) is 16.0. The van der Waals surface area contributed by atoms with Crippen LogP contribution < -0.4 is 4.72 Å². The standard InChI is InChI=1S/C17H37NO5S2/c1-2-3-4-5-6-7-8-9-10-11-12-13-14-15-18-24(19,20)16-17-25(21,22)23/h18H,2-17H2,1H3,(H,21,22,23). The van der Waals surface area contributed by atoms with Crippen LogP contribution in [0.2, 0.25) is 0 Å². The van der Waals surface area contributed by atoms with Crippen LogP contribution in [0.3, 0.4) is 0 Å². The Labute approximate surface area is 155 Å². The Morgan fingerprint density at radius 3 is 1.44 bits per heavy atom. The Morgan fingerprint density at radius 1 is 0.640 bits per heavy atom. The van der Waals surface area contributed by atoms with E-state index in [9.17, 15) is 16.8 Å². The first-order valence-corrected chi connectivity index (χ1v) is 13.0. The molecule has 0 bridgehead atoms. The van der Waals surface area contributed by atoms with Crippen LogP contribution in [0.5, 0.6) is 0 Å². The maximum Gasteiger partial charge on any atom is 0.265 e. The second-order valence-corrected chi connectivity index (χ2v) is 10.2. The Kier molecular flexibility index (Phi) is 14.8. The molecule has 0 aliphatic carbocycles. The lowest BCUT2D eigenvalue weighted by molar-refractivity contribution is 0.483. The first-order chi connectivity index (χ1) is 11.8. The van der Waals surface area contributed by atoms with Gasteiger partial charge in [-0.25, -0.2) is 13.1 Å². The molecule has 2 N–H and O–H groups in total. The van der Waals surface area contributed by atoms with Gasteiger partial charge < -0.3 is 0 Å². The predicted octanol–water partition coefficient (Wildman–Crippen LogP) is 3.88. The van der Waals surface area contributed by atoms with Gasteiger partial charge in [0.05, 0.1) is 11.5 Å². The normalized spacial score (nSPS) is 12.6. The van der Waals surface area contributed by atoms with Gasteiger partial charge in [-0.05, 0) is 6.42 Å². The van der Waals surface area contributed by atoms with Crippen molar-refractivity contribution in [2.45, 2.75) is 90.4 Å². The van der Waals surface area contributed by atoms with Gasteiger partial charge in [0.1, 0.15) is 0 Å². The zero-order valence-corrected chi connectivity index (χ0v) is 17.3. The van der Waals surface area contributed by atoms with Crippen molar-refractivity contribution in [3.8, 4) is 0 Å². The summed E-state index contributed by atoms with van der Waals surface area (Å²) in [5, 5.41) is 0. The predicted molar refractivity (Wildman–Crippen MR) is 104 cm³/mol. The molecule has 0 aromatic heterocycles. The Morgan fingerprint density at radius 2 is 1.04 bits per heavy atom. The minimum Gasteiger partial charge on any atom is -0.286 e. The van der Waals surface area contributed by atoms with Crippen molar-refractivity contribution in [3.63, 3.8) is 0 Å². The average Bonchev–Trinajstić information content (AvgIpc) is 2.53. The van der Waals surface area contributed by atoms with Crippen LogP contribution >= 0.6 is 0 Å². The van der Waals surface area contributed by atoms with E-state index in [0.29, 0.717) is 6.54 Å². The van der Waals surface area contributed by atoms with E-state index in [1.165, 1.54) is 64.2 Å². The van der Waals surface area contributed by atoms with Crippen molar-refractivity contribution in [1.82, 2.24) is 4.72 Å². The highest BCUT2D eigenvalue weighted by atomic mass is 32.2. The van der Waals surface area contributed by atoms with Crippen LogP contribution in [0, 0.1) is 0 Å². The van der Waals surface area contributed by atoms with Crippen LogP contribution in [-0.4, -0.2) is 39.4 Å². The van der Waals surface area contributed by atoms with Crippen LogP contribution in [0.25, 0.3) is 0 Å². The van der Waals surface area contributed by atoms with E-state index in [1.807, 2.05) is 0 Å². The highest BCUT2D eigenvalue weighted by Gasteiger charge is 2.14. The van der Waals surface area contributed by atoms with Crippen LogP contribution in [0.15, 0.2) is 0 Å². The van der Waals surface area contributed by atoms with Gasteiger partial charge in [0, 0.05) is 6.54 Å². The zero-order chi connectivity index (χ0) is 19.0. The summed E-state index contributed by atoms with van der Waals surface area (Å²) >= 11 is 0. The summed E-state index contributed by atoms with van der Waals surface area (Å²) in [7, 11) is -7.86. The third-order valence-electron chi connectivity index (χ3n) is 4.21. The second-order valence-electron chi connectivity index (χ2n) is 6.74. The van der Waals surface area contributed by atoms with E-state index >= 15 is 0 Å². The molecular formula is C17H37NO5S2. The van der Waals surface area contributed by atoms with E-state index in [-0.39, 0.29) is 0 Å². The maximum absolute atomic E-state index is 11.5. The van der Waals surface area contributed by atoms with Gasteiger partial charge in [-0.1, -0.05) is 84.0 Å². The molecule has 0 rings (SSSR count). The fourth-order valence-electron chi connectivity index (χ4n) is 2.66. The van der Waals surface area contributed by atoms with E-state index < -0.39 is 31.6 Å². The molecule has 0 atom stereocenters. The molecule has 0 unspecified atom stereocenters. The Balaban J connectivity index is 3.36. The highest BCUT2D eigenvalue weighted by Crippen LogP contribution is 2.12. The summed E-state index contributed by atoms with van der Waals surface area (Å²) in [5.41, 5.74) is 0. The molecular weight excluding hydrogens is 362 g/mol. The van der Waals surface area contributed by atoms with Gasteiger partial charge >= 0.3 is 0 Å². The summed E-state index contributed by atoms with van der Waals surface area (Å²) in [4.78, 5) is 0. The molecule has 0 aliphatic rings. The fraction of sp³-hybridized carbons (Fsp3) is 1.00. The van der Waals surface area contributed by atoms with Gasteiger partial charge in [-0.3, -0.25) is 4.55 Å². The van der Waals surface area contributed by atoms with E-state index in [0.717, 1.165) is 19.3 Å². The van der Waals surface area contributed by atoms with Gasteiger partial charge in [0.2, 0.25) is 10.0 Å². The molecule has 0 aromatic rings. The minimum absolute atomic E-state index is 0.325. The maximum atomic E-state index is 11.5. The topological polar surface area (TPSA) is 101 Å². The van der Waals surface area contributed by atoms with Crippen LogP contribution in [0.4, 0.5) is 0 Å². The first-order valence-electron chi connectivity index (χ1n) is 9.69. The zero-order valence-electron chi connectivity index (χ0n) is 15.7. The summed E-state index contributed by atoms with van der Waals surface area (Å²) in [6, 6.07) is 0. The number of nitrogens with one attached hydrogen (secondary N) is 1. The van der Waals surface area contributed by atoms with Crippen LogP contribution in [0.1, 0.15) is 90.4 Å². The third kappa shape index (κ3) is 20.0. The number of rotatable bonds is 18. The van der Waals surface area contributed by atoms with Gasteiger partial charge in [-0.15, -0.1) is 0 Å². The minimum atomic E-state index is -4.24. The van der Waals surface area contributed by atoms with Crippen molar-refractivity contribution in [2.75, 3.05) is 18.1 Å². The van der Waals surface area contributed by atoms with Crippen molar-refractivity contribution in [1.29, 1.82) is 0 Å². The van der Waals surface area contributed by atoms with E-state index in [4.69, 9.17) is 4.55 Å². The van der Waals surface area contributed by atoms with Crippen molar-refractivity contribution in [2.24, 2.45) is 0 Å². The van der Waals surface area contributed by atoms with Crippen LogP contribution in [-0.2, 0) is 20.1 Å². The summed E-state index contributed by atoms with van der Waals surface area (Å²) < 4.78 is 55.0. The number of unbranched alkanes of at least 4 members (excludes halogenated alkanes) is 12. The molecule has 0 aliphatic heterocycles. The Bertz CT molecular complexity index is 503. The Hall–Kier alpha value is -0.180. The molecule has 0 fully saturated rings. The molecule has 0 amide bonds. The molecule has 6 nitrogen and oxygen atoms in total. The second kappa shape index (κ2) is 14.9. The molecule has 0 radical (unpaired) electrons. The lowest BCUT2D eigenvalue weighted by Gasteiger charge is -2.06. The fourth-order valence-corrected chi connectivity index (χ4v) is 4.98. The number of hydrogen-bond acceptors (Lipinski definition) is 4. The molecule has 152 valence electrons. The smallest absolute Gasteiger partial charge is 0.265 e. The van der Waals surface area contributed by atoms with E-state index in [2.05, 4.69) is 11.6 Å². The SMILES string of the molecule is CCCCCCCCCCCCCCCNS(=O)(=O)CCS(=O)(=O)O. The lowest BCUT2D eigenvalue weighted by atomic mass is 10.0. The molecule has 8 heteroatoms. The van der Waals surface area contributed by atoms with Gasteiger partial charge in [0.15, 0.2) is 0 Å². The first kappa shape index (κ1) is 24.8. The molecule has 0 saturated heterocycles. The highest BCUT2D eigenvalue weighted by molar-refractivity contribution is 7.91. The molecule has 0 saturated carbocycles. The van der Waals surface area contributed by atoms with Crippen molar-refractivity contribution in [3.05, 3.63) is 0 Å². The van der Waals surface area contributed by atoms with Gasteiger partial charge in [-0.2, -0.15) is 8.42 Å². The summed E-state index contributed by atoms with van der Waals surface area (Å²) in [5.74, 6) is -1.36. The number of sulfonamides is 1. The van der Waals surface area contributed by atoms with Crippen molar-refractivity contribution < 1.29 is 21.4 Å². The average molecular weight is 400 g/mol. The monoisotopic (exact) mass is 399 g/mol. The quantitative estimate of drug-likeness (QED) is 0.269. The number of hydrogen-bond donors (Lipinski definition) is 2. The lowest BCUT2D eigenvalue weighted by Crippen LogP contribution is -2.30. The van der Waals surface area contributed by atoms with E-state index in [1.54, 1.807) is 0 Å². The molecule has 0 spiro atoms. The molecule has 25 heavy (non-hydrogen) atoms. The molecule has 0 aromatic carbocycles. The summed E-state index contributed by atoms with van der Waals surface area (Å²) in [6.45, 7) is 2.56. The molecule has 0 heterocycles. The van der Waals surface area contributed by atoms with Gasteiger partial charge in [0.25, 0.3) is 10.1 Å². The van der Waals surface area contributed by atoms with Crippen molar-refractivity contribution >= 4 is 20.1 Å².